The minimum atomic E-state index is 0.258. The first-order chi connectivity index (χ1) is 8.74. The molecule has 0 spiro atoms. The summed E-state index contributed by atoms with van der Waals surface area (Å²) in [5, 5.41) is 4.34. The Morgan fingerprint density at radius 3 is 2.78 bits per heavy atom. The molecule has 0 radical (unpaired) electrons. The maximum absolute atomic E-state index is 6.18. The molecule has 0 atom stereocenters. The van der Waals surface area contributed by atoms with Gasteiger partial charge in [0.25, 0.3) is 0 Å². The van der Waals surface area contributed by atoms with Crippen molar-refractivity contribution in [1.29, 1.82) is 0 Å². The summed E-state index contributed by atoms with van der Waals surface area (Å²) in [6.45, 7) is 1.21. The van der Waals surface area contributed by atoms with Gasteiger partial charge in [0.05, 0.1) is 18.2 Å². The van der Waals surface area contributed by atoms with E-state index in [1.54, 1.807) is 12.1 Å². The summed E-state index contributed by atoms with van der Waals surface area (Å²) in [5.74, 6) is 1.46. The summed E-state index contributed by atoms with van der Waals surface area (Å²) in [5.41, 5.74) is 6.90. The molecule has 2 aromatic rings. The first kappa shape index (κ1) is 11.2. The highest BCUT2D eigenvalue weighted by atomic mass is 35.5. The second-order valence-corrected chi connectivity index (χ2v) is 4.36. The smallest absolute Gasteiger partial charge is 0.222 e. The van der Waals surface area contributed by atoms with Gasteiger partial charge in [0.2, 0.25) is 5.88 Å². The van der Waals surface area contributed by atoms with Crippen molar-refractivity contribution in [2.24, 2.45) is 0 Å². The van der Waals surface area contributed by atoms with Gasteiger partial charge < -0.3 is 19.7 Å². The van der Waals surface area contributed by atoms with Gasteiger partial charge in [0.1, 0.15) is 5.69 Å². The van der Waals surface area contributed by atoms with Crippen molar-refractivity contribution < 1.29 is 14.0 Å². The van der Waals surface area contributed by atoms with Gasteiger partial charge in [-0.3, -0.25) is 0 Å². The number of hydrogen-bond donors (Lipinski definition) is 1. The van der Waals surface area contributed by atoms with Crippen molar-refractivity contribution in [3.05, 3.63) is 23.2 Å². The third-order valence-electron chi connectivity index (χ3n) is 2.63. The second kappa shape index (κ2) is 4.42. The molecule has 94 valence electrons. The van der Waals surface area contributed by atoms with Crippen LogP contribution in [0, 0.1) is 0 Å². The summed E-state index contributed by atoms with van der Waals surface area (Å²) in [6, 6.07) is 5.21. The maximum atomic E-state index is 6.18. The molecular weight excluding hydrogens is 256 g/mol. The van der Waals surface area contributed by atoms with Crippen molar-refractivity contribution in [1.82, 2.24) is 5.16 Å². The van der Waals surface area contributed by atoms with Crippen LogP contribution in [0.15, 0.2) is 22.7 Å². The molecule has 0 fully saturated rings. The van der Waals surface area contributed by atoms with Gasteiger partial charge in [0.15, 0.2) is 11.5 Å². The molecule has 18 heavy (non-hydrogen) atoms. The summed E-state index contributed by atoms with van der Waals surface area (Å²) in [4.78, 5) is 0. The van der Waals surface area contributed by atoms with Gasteiger partial charge in [-0.05, 0) is 12.1 Å². The van der Waals surface area contributed by atoms with E-state index in [4.69, 9.17) is 31.3 Å². The quantitative estimate of drug-likeness (QED) is 0.859. The van der Waals surface area contributed by atoms with Gasteiger partial charge in [-0.25, -0.2) is 0 Å². The first-order valence-corrected chi connectivity index (χ1v) is 5.93. The Balaban J connectivity index is 2.07. The van der Waals surface area contributed by atoms with E-state index >= 15 is 0 Å². The van der Waals surface area contributed by atoms with Crippen LogP contribution in [0.3, 0.4) is 0 Å². The summed E-state index contributed by atoms with van der Waals surface area (Å²) < 4.78 is 16.0. The highest BCUT2D eigenvalue weighted by molar-refractivity contribution is 6.32. The monoisotopic (exact) mass is 266 g/mol. The molecule has 0 saturated carbocycles. The second-order valence-electron chi connectivity index (χ2n) is 3.95. The van der Waals surface area contributed by atoms with E-state index in [9.17, 15) is 0 Å². The van der Waals surface area contributed by atoms with Crippen LogP contribution in [0.2, 0.25) is 5.02 Å². The van der Waals surface area contributed by atoms with E-state index in [0.717, 1.165) is 12.0 Å². The minimum Gasteiger partial charge on any atom is -0.489 e. The average molecular weight is 267 g/mol. The molecule has 3 rings (SSSR count). The van der Waals surface area contributed by atoms with Crippen molar-refractivity contribution in [3.8, 4) is 22.8 Å². The van der Waals surface area contributed by atoms with Crippen LogP contribution in [0.25, 0.3) is 11.3 Å². The topological polar surface area (TPSA) is 70.5 Å². The fourth-order valence-corrected chi connectivity index (χ4v) is 2.07. The molecule has 0 bridgehead atoms. The Morgan fingerprint density at radius 1 is 1.17 bits per heavy atom. The van der Waals surface area contributed by atoms with Crippen LogP contribution in [0.5, 0.6) is 11.5 Å². The van der Waals surface area contributed by atoms with E-state index in [-0.39, 0.29) is 5.88 Å². The van der Waals surface area contributed by atoms with E-state index in [1.807, 2.05) is 6.07 Å². The Labute approximate surface area is 108 Å². The van der Waals surface area contributed by atoms with Gasteiger partial charge >= 0.3 is 0 Å². The van der Waals surface area contributed by atoms with Crippen molar-refractivity contribution in [2.45, 2.75) is 6.42 Å². The van der Waals surface area contributed by atoms with E-state index in [2.05, 4.69) is 5.16 Å². The number of rotatable bonds is 1. The molecule has 1 aromatic heterocycles. The molecule has 6 heteroatoms. The third kappa shape index (κ3) is 1.97. The average Bonchev–Trinajstić information content (AvgIpc) is 2.63. The van der Waals surface area contributed by atoms with Crippen molar-refractivity contribution in [3.63, 3.8) is 0 Å². The lowest BCUT2D eigenvalue weighted by molar-refractivity contribution is 0.297. The zero-order valence-electron chi connectivity index (χ0n) is 9.48. The number of aromatic nitrogens is 1. The molecule has 0 saturated heterocycles. The molecule has 0 amide bonds. The van der Waals surface area contributed by atoms with E-state index < -0.39 is 0 Å². The van der Waals surface area contributed by atoms with Crippen molar-refractivity contribution in [2.75, 3.05) is 18.9 Å². The van der Waals surface area contributed by atoms with Crippen LogP contribution >= 0.6 is 11.6 Å². The number of anilines is 1. The first-order valence-electron chi connectivity index (χ1n) is 5.56. The zero-order chi connectivity index (χ0) is 12.5. The molecule has 0 unspecified atom stereocenters. The highest BCUT2D eigenvalue weighted by Crippen LogP contribution is 2.40. The number of nitrogen functional groups attached to an aromatic ring is 1. The number of nitrogens with two attached hydrogens (primary N) is 1. The third-order valence-corrected chi connectivity index (χ3v) is 2.91. The van der Waals surface area contributed by atoms with Crippen LogP contribution in [0.1, 0.15) is 6.42 Å². The van der Waals surface area contributed by atoms with E-state index in [0.29, 0.717) is 35.4 Å². The molecule has 5 nitrogen and oxygen atoms in total. The lowest BCUT2D eigenvalue weighted by Gasteiger charge is -2.10. The van der Waals surface area contributed by atoms with Crippen LogP contribution < -0.4 is 15.2 Å². The molecule has 1 aliphatic rings. The SMILES string of the molecule is Nc1cc(-c2cc(Cl)c3c(c2)OCCCO3)no1. The summed E-state index contributed by atoms with van der Waals surface area (Å²) in [6.07, 6.45) is 0.831. The molecule has 1 aromatic carbocycles. The number of halogens is 1. The Morgan fingerprint density at radius 2 is 2.00 bits per heavy atom. The molecule has 0 aliphatic carbocycles. The Kier molecular flexibility index (Phi) is 2.76. The van der Waals surface area contributed by atoms with Crippen molar-refractivity contribution >= 4 is 17.5 Å². The number of benzene rings is 1. The largest absolute Gasteiger partial charge is 0.489 e. The molecule has 1 aliphatic heterocycles. The highest BCUT2D eigenvalue weighted by Gasteiger charge is 2.17. The predicted molar refractivity (Wildman–Crippen MR) is 67.0 cm³/mol. The summed E-state index contributed by atoms with van der Waals surface area (Å²) in [7, 11) is 0. The van der Waals surface area contributed by atoms with Gasteiger partial charge in [-0.15, -0.1) is 0 Å². The summed E-state index contributed by atoms with van der Waals surface area (Å²) >= 11 is 6.18. The van der Waals surface area contributed by atoms with Gasteiger partial charge in [0, 0.05) is 18.1 Å². The van der Waals surface area contributed by atoms with Crippen LogP contribution in [-0.4, -0.2) is 18.4 Å². The van der Waals surface area contributed by atoms with Crippen LogP contribution in [0.4, 0.5) is 5.88 Å². The molecule has 2 heterocycles. The lowest BCUT2D eigenvalue weighted by Crippen LogP contribution is -1.97. The maximum Gasteiger partial charge on any atom is 0.222 e. The zero-order valence-corrected chi connectivity index (χ0v) is 10.2. The van der Waals surface area contributed by atoms with Crippen LogP contribution in [-0.2, 0) is 0 Å². The normalized spacial score (nSPS) is 14.3. The molecule has 2 N–H and O–H groups in total. The molecular formula is C12H11ClN2O3. The number of nitrogens with zero attached hydrogens (tertiary/aromatic N) is 1. The number of ether oxygens (including phenoxy) is 2. The lowest BCUT2D eigenvalue weighted by atomic mass is 10.1. The fraction of sp³-hybridized carbons (Fsp3) is 0.250. The van der Waals surface area contributed by atoms with Gasteiger partial charge in [-0.2, -0.15) is 0 Å². The van der Waals surface area contributed by atoms with Gasteiger partial charge in [-0.1, -0.05) is 16.8 Å². The predicted octanol–water partition coefficient (Wildman–Crippen LogP) is 2.74. The number of hydrogen-bond acceptors (Lipinski definition) is 5. The minimum absolute atomic E-state index is 0.258. The van der Waals surface area contributed by atoms with E-state index in [1.165, 1.54) is 0 Å². The number of fused-ring (bicyclic) bond motifs is 1. The fourth-order valence-electron chi connectivity index (χ4n) is 1.80. The standard InChI is InChI=1S/C12H11ClN2O3/c13-8-4-7(9-6-11(14)18-15-9)5-10-12(8)17-3-1-2-16-10/h4-6H,1-3,14H2. The Hall–Kier alpha value is -1.88. The Bertz CT molecular complexity index is 583.